The van der Waals surface area contributed by atoms with Gasteiger partial charge in [-0.2, -0.15) is 0 Å². The molecule has 4 atom stereocenters. The minimum Gasteiger partial charge on any atom is -0.485 e. The number of Topliss-reactive ketones (excluding diaryl/α,β-unsaturated/α-hetero) is 2. The summed E-state index contributed by atoms with van der Waals surface area (Å²) in [6, 6.07) is 0.129. The van der Waals surface area contributed by atoms with Gasteiger partial charge in [-0.25, -0.2) is 4.79 Å². The largest absolute Gasteiger partial charge is 0.485 e. The Kier molecular flexibility index (Phi) is 4.72. The van der Waals surface area contributed by atoms with Crippen LogP contribution in [0.3, 0.4) is 0 Å². The number of amides is 1. The minimum atomic E-state index is -0.947. The standard InChI is InChI=1S/C19H23N3O7/c1-9-14(24)13-12(15(25)16(9)28-5-3-4-6-29-18(20)26)10(8-23)19(27-2)17-11(21-17)7-22(13)19/h3-4,10-11,17,21,23H,5-8H2,1-2H3,(H2,20,26)/t10?,11-,17-,19?/m1/s1. The number of nitrogens with two attached hydrogens (primary N) is 1. The van der Waals surface area contributed by atoms with Crippen LogP contribution in [0, 0.1) is 5.92 Å². The van der Waals surface area contributed by atoms with E-state index in [-0.39, 0.29) is 54.6 Å². The molecule has 4 aliphatic rings. The fourth-order valence-electron chi connectivity index (χ4n) is 4.69. The van der Waals surface area contributed by atoms with Crippen LogP contribution in [0.5, 0.6) is 0 Å². The molecule has 4 rings (SSSR count). The molecule has 10 heteroatoms. The number of ketones is 2. The topological polar surface area (TPSA) is 150 Å². The van der Waals surface area contributed by atoms with Gasteiger partial charge in [0.2, 0.25) is 11.6 Å². The van der Waals surface area contributed by atoms with Crippen molar-refractivity contribution in [2.24, 2.45) is 11.7 Å². The Hall–Kier alpha value is -2.69. The molecule has 156 valence electrons. The Morgan fingerprint density at radius 3 is 2.72 bits per heavy atom. The summed E-state index contributed by atoms with van der Waals surface area (Å²) >= 11 is 0. The first kappa shape index (κ1) is 19.6. The normalized spacial score (nSPS) is 32.7. The van der Waals surface area contributed by atoms with Crippen molar-refractivity contribution in [2.45, 2.75) is 24.7 Å². The number of methoxy groups -OCH3 is 1. The van der Waals surface area contributed by atoms with Crippen molar-refractivity contribution >= 4 is 17.7 Å². The van der Waals surface area contributed by atoms with E-state index in [9.17, 15) is 19.5 Å². The summed E-state index contributed by atoms with van der Waals surface area (Å²) < 4.78 is 16.0. The highest BCUT2D eigenvalue weighted by molar-refractivity contribution is 6.25. The van der Waals surface area contributed by atoms with Crippen molar-refractivity contribution < 1.29 is 33.7 Å². The van der Waals surface area contributed by atoms with Crippen LogP contribution in [0.25, 0.3) is 0 Å². The quantitative estimate of drug-likeness (QED) is 0.274. The number of nitrogens with zero attached hydrogens (tertiary/aromatic N) is 1. The molecule has 4 N–H and O–H groups in total. The number of fused-ring (bicyclic) bond motifs is 4. The van der Waals surface area contributed by atoms with Crippen molar-refractivity contribution in [3.05, 3.63) is 34.8 Å². The van der Waals surface area contributed by atoms with Gasteiger partial charge >= 0.3 is 6.09 Å². The predicted molar refractivity (Wildman–Crippen MR) is 98.1 cm³/mol. The number of allylic oxidation sites excluding steroid dienone is 2. The summed E-state index contributed by atoms with van der Waals surface area (Å²) in [6.07, 6.45) is 2.18. The lowest BCUT2D eigenvalue weighted by Gasteiger charge is -2.39. The van der Waals surface area contributed by atoms with Gasteiger partial charge in [-0.3, -0.25) is 9.59 Å². The zero-order chi connectivity index (χ0) is 20.9. The first-order valence-corrected chi connectivity index (χ1v) is 9.32. The third kappa shape index (κ3) is 2.70. The van der Waals surface area contributed by atoms with Crippen LogP contribution in [0.15, 0.2) is 34.8 Å². The van der Waals surface area contributed by atoms with E-state index in [0.717, 1.165) is 0 Å². The molecule has 2 saturated heterocycles. The number of nitrogens with one attached hydrogen (secondary N) is 1. The van der Waals surface area contributed by atoms with E-state index in [4.69, 9.17) is 15.2 Å². The number of piperazine rings is 1. The zero-order valence-electron chi connectivity index (χ0n) is 16.1. The van der Waals surface area contributed by atoms with Crippen molar-refractivity contribution in [1.82, 2.24) is 10.2 Å². The highest BCUT2D eigenvalue weighted by atomic mass is 16.5. The Morgan fingerprint density at radius 2 is 2.07 bits per heavy atom. The molecular formula is C19H23N3O7. The van der Waals surface area contributed by atoms with Crippen LogP contribution >= 0.6 is 0 Å². The second-order valence-corrected chi connectivity index (χ2v) is 7.34. The summed E-state index contributed by atoms with van der Waals surface area (Å²) in [5.74, 6) is -1.41. The molecule has 0 saturated carbocycles. The van der Waals surface area contributed by atoms with Crippen molar-refractivity contribution in [3.63, 3.8) is 0 Å². The van der Waals surface area contributed by atoms with Crippen LogP contribution in [0.2, 0.25) is 0 Å². The van der Waals surface area contributed by atoms with Gasteiger partial charge in [-0.05, 0) is 19.1 Å². The fraction of sp³-hybridized carbons (Fsp3) is 0.526. The SMILES string of the molecule is COC12C(CO)C3=C(C(=O)C(C)=C(OCC=CCOC(N)=O)C3=O)N1C[C@H]1N[C@H]12. The fourth-order valence-corrected chi connectivity index (χ4v) is 4.69. The van der Waals surface area contributed by atoms with Crippen molar-refractivity contribution in [2.75, 3.05) is 33.5 Å². The van der Waals surface area contributed by atoms with Gasteiger partial charge < -0.3 is 35.3 Å². The molecule has 0 aromatic rings. The molecule has 10 nitrogen and oxygen atoms in total. The summed E-state index contributed by atoms with van der Waals surface area (Å²) in [7, 11) is 1.53. The average Bonchev–Trinajstić information content (AvgIpc) is 3.30. The highest BCUT2D eigenvalue weighted by Crippen LogP contribution is 2.55. The number of aliphatic hydroxyl groups excluding tert-OH is 1. The second kappa shape index (κ2) is 6.97. The van der Waals surface area contributed by atoms with Crippen molar-refractivity contribution in [3.8, 4) is 0 Å². The molecule has 0 radical (unpaired) electrons. The molecule has 29 heavy (non-hydrogen) atoms. The lowest BCUT2D eigenvalue weighted by molar-refractivity contribution is -0.137. The summed E-state index contributed by atoms with van der Waals surface area (Å²) in [4.78, 5) is 38.7. The second-order valence-electron chi connectivity index (χ2n) is 7.34. The van der Waals surface area contributed by atoms with Gasteiger partial charge in [0.25, 0.3) is 0 Å². The molecule has 0 spiro atoms. The molecule has 0 aromatic heterocycles. The molecule has 2 unspecified atom stereocenters. The first-order chi connectivity index (χ1) is 13.9. The molecule has 3 heterocycles. The van der Waals surface area contributed by atoms with E-state index < -0.39 is 23.5 Å². The molecule has 3 aliphatic heterocycles. The van der Waals surface area contributed by atoms with Gasteiger partial charge in [0, 0.05) is 30.8 Å². The maximum absolute atomic E-state index is 13.2. The van der Waals surface area contributed by atoms with Crippen molar-refractivity contribution in [1.29, 1.82) is 0 Å². The Balaban J connectivity index is 1.56. The smallest absolute Gasteiger partial charge is 0.404 e. The van der Waals surface area contributed by atoms with E-state index in [1.54, 1.807) is 13.0 Å². The lowest BCUT2D eigenvalue weighted by Crippen LogP contribution is -2.54. The number of rotatable bonds is 7. The number of primary amides is 1. The van der Waals surface area contributed by atoms with E-state index in [0.29, 0.717) is 12.2 Å². The predicted octanol–water partition coefficient (Wildman–Crippen LogP) is -1.04. The third-order valence-electron chi connectivity index (χ3n) is 5.98. The number of carbonyl (C=O) groups excluding carboxylic acids is 3. The third-order valence-corrected chi connectivity index (χ3v) is 5.98. The van der Waals surface area contributed by atoms with E-state index >= 15 is 0 Å². The van der Waals surface area contributed by atoms with Gasteiger partial charge in [-0.1, -0.05) is 0 Å². The van der Waals surface area contributed by atoms with Crippen LogP contribution < -0.4 is 11.1 Å². The average molecular weight is 405 g/mol. The van der Waals surface area contributed by atoms with Gasteiger partial charge in [0.05, 0.1) is 24.3 Å². The molecule has 2 fully saturated rings. The summed E-state index contributed by atoms with van der Waals surface area (Å²) in [6.45, 7) is 1.75. The van der Waals surface area contributed by atoms with E-state index in [1.807, 2.05) is 4.90 Å². The molecule has 1 amide bonds. The zero-order valence-corrected chi connectivity index (χ0v) is 16.1. The van der Waals surface area contributed by atoms with Gasteiger partial charge in [0.1, 0.15) is 13.2 Å². The molecule has 0 aromatic carbocycles. The maximum Gasteiger partial charge on any atom is 0.404 e. The monoisotopic (exact) mass is 405 g/mol. The summed E-state index contributed by atoms with van der Waals surface area (Å²) in [5.41, 5.74) is 4.68. The summed E-state index contributed by atoms with van der Waals surface area (Å²) in [5, 5.41) is 13.4. The Bertz CT molecular complexity index is 877. The Morgan fingerprint density at radius 1 is 1.34 bits per heavy atom. The lowest BCUT2D eigenvalue weighted by atomic mass is 9.83. The number of aliphatic hydroxyl groups is 1. The molecular weight excluding hydrogens is 382 g/mol. The van der Waals surface area contributed by atoms with Crippen LogP contribution in [-0.4, -0.2) is 79.0 Å². The van der Waals surface area contributed by atoms with Gasteiger partial charge in [0.15, 0.2) is 11.5 Å². The van der Waals surface area contributed by atoms with E-state index in [2.05, 4.69) is 10.1 Å². The molecule has 0 bridgehead atoms. The van der Waals surface area contributed by atoms with Crippen LogP contribution in [0.4, 0.5) is 4.79 Å². The first-order valence-electron chi connectivity index (χ1n) is 9.32. The Labute approximate surface area is 166 Å². The number of hydrogen-bond donors (Lipinski definition) is 3. The highest BCUT2D eigenvalue weighted by Gasteiger charge is 2.72. The van der Waals surface area contributed by atoms with E-state index in [1.165, 1.54) is 13.2 Å². The van der Waals surface area contributed by atoms with Gasteiger partial charge in [-0.15, -0.1) is 0 Å². The number of ether oxygens (including phenoxy) is 3. The van der Waals surface area contributed by atoms with Crippen LogP contribution in [-0.2, 0) is 23.8 Å². The molecule has 1 aliphatic carbocycles. The number of hydrogen-bond acceptors (Lipinski definition) is 9. The number of carbonyl (C=O) groups is 3. The minimum absolute atomic E-state index is 0.00557. The van der Waals surface area contributed by atoms with Crippen LogP contribution in [0.1, 0.15) is 6.92 Å². The maximum atomic E-state index is 13.2.